The fourth-order valence-corrected chi connectivity index (χ4v) is 10.9. The van der Waals surface area contributed by atoms with Crippen LogP contribution in [0.1, 0.15) is 23.6 Å². The first-order valence-electron chi connectivity index (χ1n) is 20.7. The molecule has 352 valence electrons. The molecular formula is C49H45Cl7N4O4S3. The van der Waals surface area contributed by atoms with E-state index in [-0.39, 0.29) is 47.4 Å². The largest absolute Gasteiger partial charge is 0.505 e. The van der Waals surface area contributed by atoms with Gasteiger partial charge in [-0.15, -0.1) is 23.1 Å². The number of halogens is 7. The van der Waals surface area contributed by atoms with Crippen LogP contribution in [0.15, 0.2) is 135 Å². The van der Waals surface area contributed by atoms with Crippen molar-refractivity contribution in [1.82, 2.24) is 0 Å². The summed E-state index contributed by atoms with van der Waals surface area (Å²) < 4.78 is 6.63. The zero-order valence-electron chi connectivity index (χ0n) is 35.8. The minimum absolute atomic E-state index is 0.0826. The monoisotopic (exact) mass is 1090 g/mol. The zero-order chi connectivity index (χ0) is 47.9. The molecule has 8 rings (SSSR count). The van der Waals surface area contributed by atoms with Gasteiger partial charge < -0.3 is 40.9 Å². The second kappa shape index (κ2) is 26.3. The molecule has 6 aromatic carbocycles. The van der Waals surface area contributed by atoms with E-state index >= 15 is 0 Å². The Balaban J connectivity index is 0.000000167. The predicted octanol–water partition coefficient (Wildman–Crippen LogP) is 16.7. The third-order valence-electron chi connectivity index (χ3n) is 9.85. The van der Waals surface area contributed by atoms with Crippen molar-refractivity contribution < 1.29 is 20.1 Å². The van der Waals surface area contributed by atoms with E-state index in [1.165, 1.54) is 31.5 Å². The number of ether oxygens (including phenoxy) is 1. The minimum Gasteiger partial charge on any atom is -0.505 e. The van der Waals surface area contributed by atoms with Crippen molar-refractivity contribution in [2.45, 2.75) is 40.6 Å². The van der Waals surface area contributed by atoms with Gasteiger partial charge in [-0.05, 0) is 107 Å². The van der Waals surface area contributed by atoms with E-state index in [1.54, 1.807) is 59.5 Å². The molecule has 0 aliphatic carbocycles. The van der Waals surface area contributed by atoms with Crippen LogP contribution in [0.2, 0.25) is 35.2 Å². The SMILES string of the molecule is CCSc1ccccc1CNc1cc(Cl)c(O)c(Cl)c1.Oc1c(Cl)cc(NCc2ccccc2N2CCOCC2)cc1Cl.Oc1c(Cl)cc(NCc2ccsc2Sc2ccc(Cl)cc2)cc1Cl. The number of aromatic hydroxyl groups is 3. The van der Waals surface area contributed by atoms with E-state index in [0.29, 0.717) is 19.6 Å². The van der Waals surface area contributed by atoms with Gasteiger partial charge in [-0.3, -0.25) is 0 Å². The average molecular weight is 1100 g/mol. The van der Waals surface area contributed by atoms with Crippen molar-refractivity contribution in [1.29, 1.82) is 0 Å². The lowest BCUT2D eigenvalue weighted by Crippen LogP contribution is -2.36. The third kappa shape index (κ3) is 15.7. The summed E-state index contributed by atoms with van der Waals surface area (Å²) in [5, 5.41) is 42.8. The minimum atomic E-state index is -0.0987. The first kappa shape index (κ1) is 52.7. The molecule has 8 nitrogen and oxygen atoms in total. The Labute approximate surface area is 438 Å². The van der Waals surface area contributed by atoms with Crippen LogP contribution < -0.4 is 20.9 Å². The fraction of sp³-hybridized carbons (Fsp3) is 0.184. The van der Waals surface area contributed by atoms with Crippen molar-refractivity contribution in [3.8, 4) is 17.2 Å². The molecule has 1 aromatic heterocycles. The molecular weight excluding hydrogens is 1050 g/mol. The highest BCUT2D eigenvalue weighted by Gasteiger charge is 2.15. The van der Waals surface area contributed by atoms with E-state index in [1.807, 2.05) is 60.3 Å². The Bertz CT molecular complexity index is 2660. The average Bonchev–Trinajstić information content (AvgIpc) is 3.78. The van der Waals surface area contributed by atoms with Gasteiger partial charge in [0.05, 0.1) is 47.6 Å². The van der Waals surface area contributed by atoms with Gasteiger partial charge in [0, 0.05) is 70.3 Å². The van der Waals surface area contributed by atoms with Crippen molar-refractivity contribution in [3.63, 3.8) is 0 Å². The maximum atomic E-state index is 9.62. The number of phenols is 3. The topological polar surface area (TPSA) is 109 Å². The van der Waals surface area contributed by atoms with Crippen LogP contribution in [0, 0.1) is 0 Å². The molecule has 1 fully saturated rings. The normalized spacial score (nSPS) is 12.1. The number of phenolic OH excluding ortho intramolecular Hbond substituents is 3. The number of nitrogens with one attached hydrogen (secondary N) is 3. The summed E-state index contributed by atoms with van der Waals surface area (Å²) in [6.07, 6.45) is 0. The molecule has 67 heavy (non-hydrogen) atoms. The predicted molar refractivity (Wildman–Crippen MR) is 289 cm³/mol. The maximum Gasteiger partial charge on any atom is 0.152 e. The molecule has 0 amide bonds. The molecule has 1 aliphatic rings. The van der Waals surface area contributed by atoms with Crippen molar-refractivity contribution >= 4 is 139 Å². The van der Waals surface area contributed by atoms with E-state index in [4.69, 9.17) is 85.9 Å². The summed E-state index contributed by atoms with van der Waals surface area (Å²) in [5.74, 6) is 0.764. The number of nitrogens with zero attached hydrogens (tertiary/aromatic N) is 1. The summed E-state index contributed by atoms with van der Waals surface area (Å²) >= 11 is 46.7. The molecule has 0 atom stereocenters. The Hall–Kier alpha value is -3.69. The number of hydrogen-bond acceptors (Lipinski definition) is 11. The fourth-order valence-electron chi connectivity index (χ4n) is 6.47. The molecule has 7 aromatic rings. The summed E-state index contributed by atoms with van der Waals surface area (Å²) in [6, 6.07) is 36.4. The summed E-state index contributed by atoms with van der Waals surface area (Å²) in [4.78, 5) is 4.73. The number of para-hydroxylation sites is 1. The number of thioether (sulfide) groups is 1. The van der Waals surface area contributed by atoms with Crippen LogP contribution in [-0.2, 0) is 24.4 Å². The highest BCUT2D eigenvalue weighted by atomic mass is 35.5. The Morgan fingerprint density at radius 3 is 1.52 bits per heavy atom. The molecule has 0 bridgehead atoms. The van der Waals surface area contributed by atoms with E-state index in [0.717, 1.165) is 59.0 Å². The van der Waals surface area contributed by atoms with Gasteiger partial charge >= 0.3 is 0 Å². The quantitative estimate of drug-likeness (QED) is 0.0466. The first-order chi connectivity index (χ1) is 32.3. The van der Waals surface area contributed by atoms with Crippen molar-refractivity contribution in [3.05, 3.63) is 172 Å². The van der Waals surface area contributed by atoms with Crippen LogP contribution >= 0.6 is 116 Å². The molecule has 0 unspecified atom stereocenters. The number of anilines is 4. The van der Waals surface area contributed by atoms with Crippen LogP contribution in [0.25, 0.3) is 0 Å². The van der Waals surface area contributed by atoms with Crippen LogP contribution in [0.4, 0.5) is 22.7 Å². The lowest BCUT2D eigenvalue weighted by Gasteiger charge is -2.30. The Kier molecular flexibility index (Phi) is 20.7. The summed E-state index contributed by atoms with van der Waals surface area (Å²) in [7, 11) is 0. The lowest BCUT2D eigenvalue weighted by molar-refractivity contribution is 0.122. The van der Waals surface area contributed by atoms with Gasteiger partial charge in [-0.1, -0.05) is 136 Å². The summed E-state index contributed by atoms with van der Waals surface area (Å²) in [5.41, 5.74) is 7.12. The number of rotatable bonds is 14. The Morgan fingerprint density at radius 1 is 0.567 bits per heavy atom. The van der Waals surface area contributed by atoms with E-state index < -0.39 is 0 Å². The molecule has 6 N–H and O–H groups in total. The maximum absolute atomic E-state index is 9.62. The highest BCUT2D eigenvalue weighted by molar-refractivity contribution is 8.01. The number of morpholine rings is 1. The Morgan fingerprint density at radius 2 is 1.01 bits per heavy atom. The van der Waals surface area contributed by atoms with Gasteiger partial charge in [0.25, 0.3) is 0 Å². The first-order valence-corrected chi connectivity index (χ1v) is 26.0. The van der Waals surface area contributed by atoms with Gasteiger partial charge in [-0.2, -0.15) is 0 Å². The lowest BCUT2D eigenvalue weighted by atomic mass is 10.1. The smallest absolute Gasteiger partial charge is 0.152 e. The summed E-state index contributed by atoms with van der Waals surface area (Å²) in [6.45, 7) is 7.40. The van der Waals surface area contributed by atoms with E-state index in [2.05, 4.69) is 63.5 Å². The van der Waals surface area contributed by atoms with Crippen LogP contribution in [-0.4, -0.2) is 47.4 Å². The van der Waals surface area contributed by atoms with Crippen molar-refractivity contribution in [2.24, 2.45) is 0 Å². The number of hydrogen-bond donors (Lipinski definition) is 6. The zero-order valence-corrected chi connectivity index (χ0v) is 43.5. The third-order valence-corrected chi connectivity index (χ3v) is 15.1. The second-order valence-electron chi connectivity index (χ2n) is 14.5. The van der Waals surface area contributed by atoms with Crippen LogP contribution in [0.5, 0.6) is 17.2 Å². The molecule has 2 heterocycles. The second-order valence-corrected chi connectivity index (χ2v) is 20.9. The van der Waals surface area contributed by atoms with E-state index in [9.17, 15) is 15.3 Å². The van der Waals surface area contributed by atoms with Gasteiger partial charge in [-0.25, -0.2) is 0 Å². The number of thiophene rings is 1. The van der Waals surface area contributed by atoms with Crippen molar-refractivity contribution in [2.75, 3.05) is 52.9 Å². The van der Waals surface area contributed by atoms with Gasteiger partial charge in [0.15, 0.2) is 17.2 Å². The molecule has 0 spiro atoms. The molecule has 1 saturated heterocycles. The molecule has 0 radical (unpaired) electrons. The van der Waals surface area contributed by atoms with Gasteiger partial charge in [0.1, 0.15) is 0 Å². The van der Waals surface area contributed by atoms with Gasteiger partial charge in [0.2, 0.25) is 0 Å². The standard InChI is InChI=1S/C17H12Cl3NOS2.C17H18Cl2N2O2.C15H15Cl2NOS/c18-11-1-3-13(4-2-11)24-17-10(5-6-23-17)9-21-12-7-14(19)16(22)15(20)8-12;18-14-9-13(10-15(19)17(14)22)20-11-12-3-1-2-4-16(12)21-5-7-23-8-6-21;1-2-20-14-6-4-3-5-10(14)9-18-11-7-12(16)15(19)13(17)8-11/h1-8,21-22H,9H2;1-4,9-10,20,22H,5-8,11H2;3-8,18-19H,2,9H2,1H3. The molecule has 18 heteroatoms. The number of benzene rings is 6. The van der Waals surface area contributed by atoms with Crippen LogP contribution in [0.3, 0.4) is 0 Å². The molecule has 0 saturated carbocycles. The molecule has 1 aliphatic heterocycles. The highest BCUT2D eigenvalue weighted by Crippen LogP contribution is 2.39.